The van der Waals surface area contributed by atoms with Crippen molar-refractivity contribution in [3.8, 4) is 22.7 Å². The number of imidazole rings is 1. The number of nitrogens with zero attached hydrogens (tertiary/aromatic N) is 2. The summed E-state index contributed by atoms with van der Waals surface area (Å²) in [5.74, 6) is 2.00. The van der Waals surface area contributed by atoms with Crippen LogP contribution in [-0.4, -0.2) is 27.7 Å². The van der Waals surface area contributed by atoms with E-state index in [2.05, 4.69) is 113 Å². The van der Waals surface area contributed by atoms with Crippen molar-refractivity contribution in [2.24, 2.45) is 0 Å². The van der Waals surface area contributed by atoms with E-state index in [4.69, 9.17) is 9.72 Å². The maximum absolute atomic E-state index is 6.18. The van der Waals surface area contributed by atoms with Gasteiger partial charge in [-0.15, -0.1) is 0 Å². The normalized spacial score (nSPS) is 13.1. The maximum atomic E-state index is 6.18. The Kier molecular flexibility index (Phi) is 7.03. The van der Waals surface area contributed by atoms with Crippen LogP contribution in [0.25, 0.3) is 38.8 Å². The monoisotopic (exact) mass is 540 g/mol. The molecule has 2 aromatic heterocycles. The molecule has 0 aliphatic carbocycles. The number of para-hydroxylation sites is 2. The lowest BCUT2D eigenvalue weighted by atomic mass is 10.0. The summed E-state index contributed by atoms with van der Waals surface area (Å²) in [5.41, 5.74) is 9.82. The largest absolute Gasteiger partial charge is 0.493 e. The molecule has 3 heterocycles. The number of aromatic amines is 1. The van der Waals surface area contributed by atoms with Crippen LogP contribution < -0.4 is 10.1 Å². The topological polar surface area (TPSA) is 54.9 Å². The predicted molar refractivity (Wildman–Crippen MR) is 168 cm³/mol. The Morgan fingerprint density at radius 2 is 1.76 bits per heavy atom. The van der Waals surface area contributed by atoms with Crippen molar-refractivity contribution in [3.05, 3.63) is 114 Å². The van der Waals surface area contributed by atoms with Gasteiger partial charge in [-0.05, 0) is 78.5 Å². The van der Waals surface area contributed by atoms with Gasteiger partial charge in [-0.2, -0.15) is 0 Å². The molecule has 0 amide bonds. The number of aromatic nitrogens is 3. The minimum absolute atomic E-state index is 0.622. The zero-order valence-electron chi connectivity index (χ0n) is 23.6. The van der Waals surface area contributed by atoms with Gasteiger partial charge in [0, 0.05) is 58.6 Å². The Labute approximate surface area is 241 Å². The van der Waals surface area contributed by atoms with Gasteiger partial charge in [0.15, 0.2) is 0 Å². The molecular formula is C36H36N4O. The first-order valence-corrected chi connectivity index (χ1v) is 14.9. The summed E-state index contributed by atoms with van der Waals surface area (Å²) in [6, 6.07) is 30.3. The highest BCUT2D eigenvalue weighted by Gasteiger charge is 2.15. The lowest BCUT2D eigenvalue weighted by Crippen LogP contribution is -2.23. The molecule has 4 aromatic carbocycles. The van der Waals surface area contributed by atoms with E-state index in [0.717, 1.165) is 68.0 Å². The highest BCUT2D eigenvalue weighted by molar-refractivity contribution is 6.08. The van der Waals surface area contributed by atoms with E-state index in [-0.39, 0.29) is 0 Å². The molecule has 0 saturated heterocycles. The van der Waals surface area contributed by atoms with Crippen LogP contribution in [0, 0.1) is 0 Å². The minimum Gasteiger partial charge on any atom is -0.493 e. The van der Waals surface area contributed by atoms with Crippen LogP contribution >= 0.6 is 0 Å². The minimum atomic E-state index is 0.622. The first-order valence-electron chi connectivity index (χ1n) is 14.9. The second-order valence-corrected chi connectivity index (χ2v) is 11.0. The smallest absolute Gasteiger partial charge is 0.119 e. The van der Waals surface area contributed by atoms with Crippen LogP contribution in [0.15, 0.2) is 91.1 Å². The van der Waals surface area contributed by atoms with Gasteiger partial charge >= 0.3 is 0 Å². The Morgan fingerprint density at radius 1 is 0.878 bits per heavy atom. The summed E-state index contributed by atoms with van der Waals surface area (Å²) < 4.78 is 8.47. The highest BCUT2D eigenvalue weighted by Crippen LogP contribution is 2.29. The zero-order valence-corrected chi connectivity index (χ0v) is 23.6. The van der Waals surface area contributed by atoms with Gasteiger partial charge in [0.05, 0.1) is 12.3 Å². The zero-order chi connectivity index (χ0) is 27.6. The lowest BCUT2D eigenvalue weighted by Gasteiger charge is -2.18. The standard InChI is InChI=1S/C36H36N4O/c1-2-3-11-35-38-34(24-40(35)29-15-12-25-18-20-37-23-28(25)22-29)26-13-16-30(17-14-26)41-21-19-27-7-6-9-32-31-8-4-5-10-33(31)39-36(27)32/h4-10,12-17,22,24,37,39H,2-3,11,18-21,23H2,1H3. The number of nitrogens with one attached hydrogen (secondary N) is 2. The summed E-state index contributed by atoms with van der Waals surface area (Å²) in [5, 5.41) is 6.04. The Bertz CT molecular complexity index is 1810. The SMILES string of the molecule is CCCCc1nc(-c2ccc(OCCc3cccc4c3[nH]c3ccccc34)cc2)cn1-c1ccc2c(c1)CNCC2. The molecule has 41 heavy (non-hydrogen) atoms. The highest BCUT2D eigenvalue weighted by atomic mass is 16.5. The van der Waals surface area contributed by atoms with Crippen LogP contribution in [0.2, 0.25) is 0 Å². The molecule has 0 bridgehead atoms. The molecule has 5 heteroatoms. The van der Waals surface area contributed by atoms with Crippen molar-refractivity contribution < 1.29 is 4.74 Å². The molecule has 0 radical (unpaired) electrons. The Balaban J connectivity index is 1.07. The first-order chi connectivity index (χ1) is 20.3. The van der Waals surface area contributed by atoms with Crippen molar-refractivity contribution in [2.45, 2.75) is 45.6 Å². The second kappa shape index (κ2) is 11.3. The predicted octanol–water partition coefficient (Wildman–Crippen LogP) is 7.78. The van der Waals surface area contributed by atoms with Crippen molar-refractivity contribution in [1.82, 2.24) is 19.9 Å². The molecule has 2 N–H and O–H groups in total. The molecule has 1 aliphatic rings. The molecule has 0 atom stereocenters. The van der Waals surface area contributed by atoms with Gasteiger partial charge in [0.25, 0.3) is 0 Å². The average molecular weight is 541 g/mol. The summed E-state index contributed by atoms with van der Waals surface area (Å²) in [6.45, 7) is 4.85. The third-order valence-corrected chi connectivity index (χ3v) is 8.31. The van der Waals surface area contributed by atoms with Crippen molar-refractivity contribution in [1.29, 1.82) is 0 Å². The average Bonchev–Trinajstić information content (AvgIpc) is 3.63. The molecule has 0 spiro atoms. The number of hydrogen-bond donors (Lipinski definition) is 2. The van der Waals surface area contributed by atoms with E-state index in [1.54, 1.807) is 0 Å². The van der Waals surface area contributed by atoms with Crippen LogP contribution in [-0.2, 0) is 25.8 Å². The number of hydrogen-bond acceptors (Lipinski definition) is 3. The third-order valence-electron chi connectivity index (χ3n) is 8.31. The van der Waals surface area contributed by atoms with E-state index in [1.807, 2.05) is 0 Å². The van der Waals surface area contributed by atoms with Crippen LogP contribution in [0.4, 0.5) is 0 Å². The number of benzene rings is 4. The first kappa shape index (κ1) is 25.6. The van der Waals surface area contributed by atoms with E-state index in [0.29, 0.717) is 6.61 Å². The number of aryl methyl sites for hydroxylation is 1. The number of unbranched alkanes of at least 4 members (excludes halogenated alkanes) is 1. The molecule has 0 fully saturated rings. The Hall–Kier alpha value is -4.35. The van der Waals surface area contributed by atoms with Gasteiger partial charge in [-0.3, -0.25) is 0 Å². The van der Waals surface area contributed by atoms with Crippen LogP contribution in [0.3, 0.4) is 0 Å². The lowest BCUT2D eigenvalue weighted by molar-refractivity contribution is 0.322. The molecule has 6 aromatic rings. The van der Waals surface area contributed by atoms with Crippen molar-refractivity contribution in [3.63, 3.8) is 0 Å². The molecule has 5 nitrogen and oxygen atoms in total. The van der Waals surface area contributed by atoms with Crippen LogP contribution in [0.5, 0.6) is 5.75 Å². The maximum Gasteiger partial charge on any atom is 0.119 e. The third kappa shape index (κ3) is 5.14. The molecular weight excluding hydrogens is 504 g/mol. The fraction of sp³-hybridized carbons (Fsp3) is 0.250. The molecule has 1 aliphatic heterocycles. The van der Waals surface area contributed by atoms with Gasteiger partial charge < -0.3 is 19.6 Å². The van der Waals surface area contributed by atoms with Crippen molar-refractivity contribution in [2.75, 3.05) is 13.2 Å². The number of fused-ring (bicyclic) bond motifs is 4. The molecule has 7 rings (SSSR count). The van der Waals surface area contributed by atoms with E-state index in [9.17, 15) is 0 Å². The van der Waals surface area contributed by atoms with Crippen LogP contribution in [0.1, 0.15) is 42.3 Å². The van der Waals surface area contributed by atoms with E-state index >= 15 is 0 Å². The van der Waals surface area contributed by atoms with Gasteiger partial charge in [0.1, 0.15) is 11.6 Å². The van der Waals surface area contributed by atoms with Crippen molar-refractivity contribution >= 4 is 21.8 Å². The van der Waals surface area contributed by atoms with Gasteiger partial charge in [-0.25, -0.2) is 4.98 Å². The Morgan fingerprint density at radius 3 is 2.66 bits per heavy atom. The molecule has 0 saturated carbocycles. The summed E-state index contributed by atoms with van der Waals surface area (Å²) >= 11 is 0. The van der Waals surface area contributed by atoms with Gasteiger partial charge in [0.2, 0.25) is 0 Å². The fourth-order valence-electron chi connectivity index (χ4n) is 6.05. The van der Waals surface area contributed by atoms with Gasteiger partial charge in [-0.1, -0.05) is 55.8 Å². The summed E-state index contributed by atoms with van der Waals surface area (Å²) in [7, 11) is 0. The number of rotatable bonds is 9. The van der Waals surface area contributed by atoms with E-state index < -0.39 is 0 Å². The fourth-order valence-corrected chi connectivity index (χ4v) is 6.05. The summed E-state index contributed by atoms with van der Waals surface area (Å²) in [4.78, 5) is 8.69. The molecule has 206 valence electrons. The summed E-state index contributed by atoms with van der Waals surface area (Å²) in [6.07, 6.45) is 7.38. The number of ether oxygens (including phenoxy) is 1. The second-order valence-electron chi connectivity index (χ2n) is 11.0. The van der Waals surface area contributed by atoms with E-state index in [1.165, 1.54) is 44.2 Å². The number of H-pyrrole nitrogens is 1. The quantitative estimate of drug-likeness (QED) is 0.197. The molecule has 0 unspecified atom stereocenters.